The lowest BCUT2D eigenvalue weighted by atomic mass is 10.2. The number of methoxy groups -OCH3 is 1. The molecule has 0 spiro atoms. The van der Waals surface area contributed by atoms with E-state index in [0.29, 0.717) is 11.8 Å². The van der Waals surface area contributed by atoms with Gasteiger partial charge in [-0.15, -0.1) is 0 Å². The first-order chi connectivity index (χ1) is 9.75. The lowest BCUT2D eigenvalue weighted by Gasteiger charge is -2.19. The molecule has 1 N–H and O–H groups in total. The molecule has 0 saturated heterocycles. The monoisotopic (exact) mass is 294 g/mol. The second kappa shape index (κ2) is 6.83. The van der Waals surface area contributed by atoms with Gasteiger partial charge in [0.2, 0.25) is 0 Å². The van der Waals surface area contributed by atoms with E-state index in [1.54, 1.807) is 20.8 Å². The van der Waals surface area contributed by atoms with Crippen molar-refractivity contribution in [1.82, 2.24) is 10.3 Å². The number of hydrogen-bond donors (Lipinski definition) is 1. The Labute approximate surface area is 122 Å². The Morgan fingerprint density at radius 3 is 2.52 bits per heavy atom. The molecule has 1 aromatic rings. The van der Waals surface area contributed by atoms with Crippen LogP contribution in [0.1, 0.15) is 47.3 Å². The van der Waals surface area contributed by atoms with E-state index in [1.807, 2.05) is 0 Å². The van der Waals surface area contributed by atoms with Gasteiger partial charge in [-0.2, -0.15) is 0 Å². The van der Waals surface area contributed by atoms with Crippen LogP contribution in [0.4, 0.5) is 4.79 Å². The normalized spacial score (nSPS) is 10.7. The number of nitrogens with zero attached hydrogens (tertiary/aromatic N) is 1. The van der Waals surface area contributed by atoms with E-state index in [2.05, 4.69) is 15.0 Å². The molecule has 7 heteroatoms. The lowest BCUT2D eigenvalue weighted by Crippen LogP contribution is -2.32. The number of amides is 1. The molecule has 0 unspecified atom stereocenters. The molecule has 0 atom stereocenters. The fraction of sp³-hybridized carbons (Fsp3) is 0.429. The van der Waals surface area contributed by atoms with Crippen molar-refractivity contribution in [1.29, 1.82) is 0 Å². The molecule has 7 nitrogen and oxygen atoms in total. The summed E-state index contributed by atoms with van der Waals surface area (Å²) in [4.78, 5) is 37.6. The molecule has 0 aliphatic heterocycles. The predicted molar refractivity (Wildman–Crippen MR) is 74.0 cm³/mol. The highest BCUT2D eigenvalue weighted by molar-refractivity contribution is 5.88. The van der Waals surface area contributed by atoms with Crippen molar-refractivity contribution in [3.63, 3.8) is 0 Å². The minimum atomic E-state index is -0.655. The topological polar surface area (TPSA) is 94.6 Å². The Morgan fingerprint density at radius 2 is 2.00 bits per heavy atom. The molecule has 1 heterocycles. The smallest absolute Gasteiger partial charge is 0.407 e. The van der Waals surface area contributed by atoms with Gasteiger partial charge in [-0.05, 0) is 38.5 Å². The number of ether oxygens (including phenoxy) is 2. The third kappa shape index (κ3) is 5.60. The number of aldehydes is 1. The van der Waals surface area contributed by atoms with Crippen molar-refractivity contribution < 1.29 is 23.9 Å². The van der Waals surface area contributed by atoms with E-state index < -0.39 is 17.7 Å². The van der Waals surface area contributed by atoms with Crippen LogP contribution >= 0.6 is 0 Å². The first-order valence-electron chi connectivity index (χ1n) is 6.26. The summed E-state index contributed by atoms with van der Waals surface area (Å²) >= 11 is 0. The van der Waals surface area contributed by atoms with Crippen LogP contribution in [0.2, 0.25) is 0 Å². The second-order valence-electron chi connectivity index (χ2n) is 5.25. The average molecular weight is 294 g/mol. The van der Waals surface area contributed by atoms with Gasteiger partial charge in [-0.3, -0.25) is 4.79 Å². The van der Waals surface area contributed by atoms with Crippen LogP contribution < -0.4 is 5.32 Å². The van der Waals surface area contributed by atoms with Crippen molar-refractivity contribution in [2.45, 2.75) is 32.9 Å². The van der Waals surface area contributed by atoms with Gasteiger partial charge in [0, 0.05) is 6.54 Å². The number of carbonyl (C=O) groups excluding carboxylic acids is 3. The SMILES string of the molecule is COC(=O)c1cc(CNC(=O)OC(C)(C)C)cc(C=O)n1. The number of carbonyl (C=O) groups is 3. The fourth-order valence-corrected chi connectivity index (χ4v) is 1.47. The molecule has 0 fully saturated rings. The Kier molecular flexibility index (Phi) is 5.40. The van der Waals surface area contributed by atoms with Gasteiger partial charge in [0.05, 0.1) is 7.11 Å². The first-order valence-corrected chi connectivity index (χ1v) is 6.26. The van der Waals surface area contributed by atoms with Crippen LogP contribution in [0.15, 0.2) is 12.1 Å². The summed E-state index contributed by atoms with van der Waals surface area (Å²) in [6.45, 7) is 5.35. The van der Waals surface area contributed by atoms with Crippen LogP contribution in [0, 0.1) is 0 Å². The Bertz CT molecular complexity index is 549. The number of aromatic nitrogens is 1. The third-order valence-electron chi connectivity index (χ3n) is 2.26. The molecular weight excluding hydrogens is 276 g/mol. The van der Waals surface area contributed by atoms with Crippen LogP contribution in [-0.4, -0.2) is 36.0 Å². The van der Waals surface area contributed by atoms with Gasteiger partial charge >= 0.3 is 12.1 Å². The van der Waals surface area contributed by atoms with E-state index in [-0.39, 0.29) is 17.9 Å². The highest BCUT2D eigenvalue weighted by Gasteiger charge is 2.16. The zero-order valence-electron chi connectivity index (χ0n) is 12.4. The molecular formula is C14H18N2O5. The van der Waals surface area contributed by atoms with Gasteiger partial charge in [0.15, 0.2) is 6.29 Å². The van der Waals surface area contributed by atoms with E-state index >= 15 is 0 Å². The van der Waals surface area contributed by atoms with Crippen molar-refractivity contribution in [2.75, 3.05) is 7.11 Å². The molecule has 0 saturated carbocycles. The highest BCUT2D eigenvalue weighted by atomic mass is 16.6. The maximum atomic E-state index is 11.6. The average Bonchev–Trinajstić information content (AvgIpc) is 2.42. The maximum Gasteiger partial charge on any atom is 0.407 e. The standard InChI is InChI=1S/C14H18N2O5/c1-14(2,3)21-13(19)15-7-9-5-10(8-17)16-11(6-9)12(18)20-4/h5-6,8H,7H2,1-4H3,(H,15,19). The second-order valence-corrected chi connectivity index (χ2v) is 5.25. The summed E-state index contributed by atoms with van der Waals surface area (Å²) in [6, 6.07) is 2.91. The summed E-state index contributed by atoms with van der Waals surface area (Å²) in [5, 5.41) is 2.53. The van der Waals surface area contributed by atoms with Gasteiger partial charge in [0.25, 0.3) is 0 Å². The molecule has 0 bridgehead atoms. The number of pyridine rings is 1. The molecule has 0 aliphatic rings. The number of alkyl carbamates (subject to hydrolysis) is 1. The minimum Gasteiger partial charge on any atom is -0.464 e. The maximum absolute atomic E-state index is 11.6. The van der Waals surface area contributed by atoms with Crippen LogP contribution in [-0.2, 0) is 16.0 Å². The van der Waals surface area contributed by atoms with Crippen LogP contribution in [0.5, 0.6) is 0 Å². The Morgan fingerprint density at radius 1 is 1.33 bits per heavy atom. The first kappa shape index (κ1) is 16.6. The van der Waals surface area contributed by atoms with Crippen molar-refractivity contribution in [3.05, 3.63) is 29.1 Å². The Hall–Kier alpha value is -2.44. The summed E-state index contributed by atoms with van der Waals surface area (Å²) < 4.78 is 9.64. The van der Waals surface area contributed by atoms with Gasteiger partial charge in [-0.1, -0.05) is 0 Å². The van der Waals surface area contributed by atoms with E-state index in [4.69, 9.17) is 4.74 Å². The molecule has 1 rings (SSSR count). The zero-order valence-corrected chi connectivity index (χ0v) is 12.4. The summed E-state index contributed by atoms with van der Waals surface area (Å²) in [5.41, 5.74) is 0.0216. The largest absolute Gasteiger partial charge is 0.464 e. The number of nitrogens with one attached hydrogen (secondary N) is 1. The van der Waals surface area contributed by atoms with Crippen molar-refractivity contribution in [3.8, 4) is 0 Å². The van der Waals surface area contributed by atoms with E-state index in [1.165, 1.54) is 19.2 Å². The molecule has 0 aliphatic carbocycles. The van der Waals surface area contributed by atoms with E-state index in [9.17, 15) is 14.4 Å². The van der Waals surface area contributed by atoms with Crippen LogP contribution in [0.25, 0.3) is 0 Å². The highest BCUT2D eigenvalue weighted by Crippen LogP contribution is 2.09. The number of hydrogen-bond acceptors (Lipinski definition) is 6. The molecule has 21 heavy (non-hydrogen) atoms. The van der Waals surface area contributed by atoms with Crippen molar-refractivity contribution >= 4 is 18.3 Å². The predicted octanol–water partition coefficient (Wildman–Crippen LogP) is 1.71. The van der Waals surface area contributed by atoms with Crippen molar-refractivity contribution in [2.24, 2.45) is 0 Å². The number of rotatable bonds is 4. The zero-order chi connectivity index (χ0) is 16.0. The molecule has 0 radical (unpaired) electrons. The third-order valence-corrected chi connectivity index (χ3v) is 2.26. The summed E-state index contributed by atoms with van der Waals surface area (Å²) in [5.74, 6) is -0.655. The fourth-order valence-electron chi connectivity index (χ4n) is 1.47. The quantitative estimate of drug-likeness (QED) is 0.671. The molecule has 1 aromatic heterocycles. The number of esters is 1. The lowest BCUT2D eigenvalue weighted by molar-refractivity contribution is 0.0523. The van der Waals surface area contributed by atoms with Crippen LogP contribution in [0.3, 0.4) is 0 Å². The Balaban J connectivity index is 2.81. The molecule has 0 aromatic carbocycles. The molecule has 114 valence electrons. The van der Waals surface area contributed by atoms with Gasteiger partial charge < -0.3 is 14.8 Å². The summed E-state index contributed by atoms with van der Waals surface area (Å²) in [7, 11) is 1.22. The minimum absolute atomic E-state index is 0.00286. The molecule has 1 amide bonds. The van der Waals surface area contributed by atoms with Gasteiger partial charge in [0.1, 0.15) is 17.0 Å². The van der Waals surface area contributed by atoms with E-state index in [0.717, 1.165) is 0 Å². The summed E-state index contributed by atoms with van der Waals surface area (Å²) in [6.07, 6.45) is -0.0738. The van der Waals surface area contributed by atoms with Gasteiger partial charge in [-0.25, -0.2) is 14.6 Å².